The first-order valence-corrected chi connectivity index (χ1v) is 12.2. The van der Waals surface area contributed by atoms with E-state index >= 15 is 0 Å². The molecule has 1 aromatic heterocycles. The minimum Gasteiger partial charge on any atom is -0.332 e. The molecule has 166 valence electrons. The molecule has 1 aromatic carbocycles. The van der Waals surface area contributed by atoms with Crippen molar-refractivity contribution in [3.63, 3.8) is 0 Å². The van der Waals surface area contributed by atoms with Crippen molar-refractivity contribution < 1.29 is 17.6 Å². The molecule has 0 aliphatic carbocycles. The second-order valence-electron chi connectivity index (χ2n) is 8.12. The molecule has 0 unspecified atom stereocenters. The van der Waals surface area contributed by atoms with Gasteiger partial charge in [0, 0.05) is 26.1 Å². The number of benzene rings is 1. The lowest BCUT2D eigenvalue weighted by Crippen LogP contribution is -2.42. The van der Waals surface area contributed by atoms with E-state index in [1.165, 1.54) is 16.4 Å². The van der Waals surface area contributed by atoms with Crippen molar-refractivity contribution in [2.45, 2.75) is 44.7 Å². The Balaban J connectivity index is 1.58. The first-order chi connectivity index (χ1) is 14.7. The Morgan fingerprint density at radius 3 is 2.68 bits per heavy atom. The number of amides is 1. The van der Waals surface area contributed by atoms with Crippen LogP contribution in [-0.4, -0.2) is 52.8 Å². The van der Waals surface area contributed by atoms with Gasteiger partial charge in [0.1, 0.15) is 11.6 Å². The number of H-pyrrole nitrogens is 1. The topological polar surface area (TPSA) is 103 Å². The van der Waals surface area contributed by atoms with Crippen molar-refractivity contribution in [1.82, 2.24) is 19.2 Å². The monoisotopic (exact) mass is 448 g/mol. The van der Waals surface area contributed by atoms with E-state index < -0.39 is 10.0 Å². The molecule has 1 N–H and O–H groups in total. The van der Waals surface area contributed by atoms with E-state index in [1.54, 1.807) is 17.0 Å². The highest BCUT2D eigenvalue weighted by molar-refractivity contribution is 7.88. The van der Waals surface area contributed by atoms with E-state index in [0.29, 0.717) is 36.5 Å². The lowest BCUT2D eigenvalue weighted by Gasteiger charge is -2.36. The number of hydrogen-bond acceptors (Lipinski definition) is 5. The van der Waals surface area contributed by atoms with Gasteiger partial charge in [0.25, 0.3) is 5.56 Å². The number of likely N-dealkylation sites (tertiary alicyclic amines) is 1. The van der Waals surface area contributed by atoms with Crippen molar-refractivity contribution in [2.24, 2.45) is 0 Å². The molecule has 0 bridgehead atoms. The molecule has 10 heteroatoms. The first kappa shape index (κ1) is 21.6. The van der Waals surface area contributed by atoms with Crippen molar-refractivity contribution in [2.75, 3.05) is 19.3 Å². The summed E-state index contributed by atoms with van der Waals surface area (Å²) in [5.74, 6) is 0.000891. The fourth-order valence-electron chi connectivity index (χ4n) is 4.25. The zero-order valence-electron chi connectivity index (χ0n) is 17.3. The van der Waals surface area contributed by atoms with Crippen LogP contribution in [-0.2, 0) is 34.2 Å². The summed E-state index contributed by atoms with van der Waals surface area (Å²) < 4.78 is 38.1. The van der Waals surface area contributed by atoms with Crippen LogP contribution in [0, 0.1) is 5.82 Å². The van der Waals surface area contributed by atoms with Crippen LogP contribution in [0.1, 0.15) is 47.9 Å². The minimum atomic E-state index is -3.39. The number of aromatic amines is 1. The van der Waals surface area contributed by atoms with Gasteiger partial charge in [-0.3, -0.25) is 9.59 Å². The van der Waals surface area contributed by atoms with Gasteiger partial charge in [-0.15, -0.1) is 0 Å². The molecule has 0 spiro atoms. The fraction of sp³-hybridized carbons (Fsp3) is 0.476. The van der Waals surface area contributed by atoms with Gasteiger partial charge in [0.15, 0.2) is 0 Å². The van der Waals surface area contributed by atoms with E-state index in [0.717, 1.165) is 24.7 Å². The number of carbonyl (C=O) groups is 1. The molecular formula is C21H25FN4O4S. The van der Waals surface area contributed by atoms with Crippen molar-refractivity contribution in [3.8, 4) is 0 Å². The first-order valence-electron chi connectivity index (χ1n) is 10.3. The zero-order chi connectivity index (χ0) is 22.2. The van der Waals surface area contributed by atoms with E-state index in [2.05, 4.69) is 9.97 Å². The molecule has 2 aromatic rings. The van der Waals surface area contributed by atoms with Gasteiger partial charge in [-0.1, -0.05) is 12.1 Å². The van der Waals surface area contributed by atoms with Crippen LogP contribution in [0.2, 0.25) is 0 Å². The van der Waals surface area contributed by atoms with Crippen LogP contribution >= 0.6 is 0 Å². The Morgan fingerprint density at radius 2 is 1.97 bits per heavy atom. The summed E-state index contributed by atoms with van der Waals surface area (Å²) in [6.45, 7) is 0.849. The lowest BCUT2D eigenvalue weighted by atomic mass is 9.99. The molecule has 1 amide bonds. The SMILES string of the molecule is CS(=O)(=O)N1CCc2nc([C@@H]3CCCCN3C(=O)Cc3ccc(F)cc3)[nH]c(=O)c2C1. The molecule has 3 heterocycles. The van der Waals surface area contributed by atoms with Gasteiger partial charge in [0.05, 0.1) is 30.0 Å². The van der Waals surface area contributed by atoms with Crippen LogP contribution in [0.5, 0.6) is 0 Å². The number of rotatable bonds is 4. The molecular weight excluding hydrogens is 423 g/mol. The highest BCUT2D eigenvalue weighted by Crippen LogP contribution is 2.30. The number of nitrogens with zero attached hydrogens (tertiary/aromatic N) is 3. The van der Waals surface area contributed by atoms with Gasteiger partial charge in [-0.25, -0.2) is 17.8 Å². The van der Waals surface area contributed by atoms with Crippen LogP contribution in [0.4, 0.5) is 4.39 Å². The van der Waals surface area contributed by atoms with E-state index in [1.807, 2.05) is 0 Å². The Morgan fingerprint density at radius 1 is 1.23 bits per heavy atom. The molecule has 31 heavy (non-hydrogen) atoms. The Labute approximate surface area is 180 Å². The quantitative estimate of drug-likeness (QED) is 0.764. The predicted molar refractivity (Wildman–Crippen MR) is 112 cm³/mol. The summed E-state index contributed by atoms with van der Waals surface area (Å²) in [6.07, 6.45) is 4.09. The van der Waals surface area contributed by atoms with Gasteiger partial charge >= 0.3 is 0 Å². The van der Waals surface area contributed by atoms with Crippen molar-refractivity contribution in [1.29, 1.82) is 0 Å². The van der Waals surface area contributed by atoms with Crippen LogP contribution < -0.4 is 5.56 Å². The number of fused-ring (bicyclic) bond motifs is 1. The molecule has 0 radical (unpaired) electrons. The number of aromatic nitrogens is 2. The third-order valence-corrected chi connectivity index (χ3v) is 7.18. The maximum atomic E-state index is 13.2. The average molecular weight is 449 g/mol. The predicted octanol–water partition coefficient (Wildman–Crippen LogP) is 1.52. The van der Waals surface area contributed by atoms with Crippen molar-refractivity contribution in [3.05, 3.63) is 63.1 Å². The molecule has 2 aliphatic rings. The summed E-state index contributed by atoms with van der Waals surface area (Å²) in [5.41, 5.74) is 1.32. The zero-order valence-corrected chi connectivity index (χ0v) is 18.1. The maximum absolute atomic E-state index is 13.2. The smallest absolute Gasteiger partial charge is 0.255 e. The second-order valence-corrected chi connectivity index (χ2v) is 10.1. The standard InChI is InChI=1S/C21H25FN4O4S/c1-31(29,30)25-11-9-17-16(13-25)21(28)24-20(23-17)18-4-2-3-10-26(18)19(27)12-14-5-7-15(22)8-6-14/h5-8,18H,2-4,9-13H2,1H3,(H,23,24,28)/t18-/m0/s1. The minimum absolute atomic E-state index is 0.00859. The molecule has 1 saturated heterocycles. The molecule has 1 fully saturated rings. The number of sulfonamides is 1. The average Bonchev–Trinajstić information content (AvgIpc) is 2.74. The van der Waals surface area contributed by atoms with E-state index in [9.17, 15) is 22.4 Å². The lowest BCUT2D eigenvalue weighted by molar-refractivity contribution is -0.134. The van der Waals surface area contributed by atoms with Crippen LogP contribution in [0.3, 0.4) is 0 Å². The Hall–Kier alpha value is -2.59. The second kappa shape index (κ2) is 8.51. The summed E-state index contributed by atoms with van der Waals surface area (Å²) >= 11 is 0. The van der Waals surface area contributed by atoms with Gasteiger partial charge < -0.3 is 9.88 Å². The highest BCUT2D eigenvalue weighted by atomic mass is 32.2. The highest BCUT2D eigenvalue weighted by Gasteiger charge is 2.32. The Bertz CT molecular complexity index is 1150. The molecule has 1 atom stereocenters. The Kier molecular flexibility index (Phi) is 5.94. The van der Waals surface area contributed by atoms with Crippen molar-refractivity contribution >= 4 is 15.9 Å². The molecule has 4 rings (SSSR count). The van der Waals surface area contributed by atoms with Crippen LogP contribution in [0.25, 0.3) is 0 Å². The summed E-state index contributed by atoms with van der Waals surface area (Å²) in [5, 5.41) is 0. The molecule has 0 saturated carbocycles. The van der Waals surface area contributed by atoms with Gasteiger partial charge in [-0.2, -0.15) is 4.31 Å². The summed E-state index contributed by atoms with van der Waals surface area (Å²) in [7, 11) is -3.39. The normalized spacial score (nSPS) is 19.8. The summed E-state index contributed by atoms with van der Waals surface area (Å²) in [6, 6.07) is 5.52. The van der Waals surface area contributed by atoms with Gasteiger partial charge in [0.2, 0.25) is 15.9 Å². The molecule has 8 nitrogen and oxygen atoms in total. The maximum Gasteiger partial charge on any atom is 0.255 e. The van der Waals surface area contributed by atoms with E-state index in [-0.39, 0.29) is 42.8 Å². The number of carbonyl (C=O) groups excluding carboxylic acids is 1. The third-order valence-electron chi connectivity index (χ3n) is 5.93. The number of nitrogens with one attached hydrogen (secondary N) is 1. The number of hydrogen-bond donors (Lipinski definition) is 1. The van der Waals surface area contributed by atoms with Crippen LogP contribution in [0.15, 0.2) is 29.1 Å². The number of halogens is 1. The number of piperidine rings is 1. The summed E-state index contributed by atoms with van der Waals surface area (Å²) in [4.78, 5) is 34.9. The van der Waals surface area contributed by atoms with Gasteiger partial charge in [-0.05, 0) is 37.0 Å². The third kappa shape index (κ3) is 4.69. The van der Waals surface area contributed by atoms with E-state index in [4.69, 9.17) is 0 Å². The molecule has 2 aliphatic heterocycles. The fourth-order valence-corrected chi connectivity index (χ4v) is 5.04. The largest absolute Gasteiger partial charge is 0.332 e.